The molecule has 136 valence electrons. The zero-order valence-corrected chi connectivity index (χ0v) is 14.7. The van der Waals surface area contributed by atoms with Crippen molar-refractivity contribution in [2.24, 2.45) is 0 Å². The summed E-state index contributed by atoms with van der Waals surface area (Å²) in [6.45, 7) is 2.11. The van der Waals surface area contributed by atoms with Crippen LogP contribution in [0.5, 0.6) is 0 Å². The summed E-state index contributed by atoms with van der Waals surface area (Å²) in [5.74, 6) is -0.645. The second-order valence-corrected chi connectivity index (χ2v) is 5.98. The van der Waals surface area contributed by atoms with Gasteiger partial charge in [-0.25, -0.2) is 8.78 Å². The van der Waals surface area contributed by atoms with E-state index in [2.05, 4.69) is 15.5 Å². The first-order valence-electron chi connectivity index (χ1n) is 8.14. The lowest BCUT2D eigenvalue weighted by molar-refractivity contribution is 0.0275. The molecule has 3 aromatic rings. The average molecular weight is 378 g/mol. The van der Waals surface area contributed by atoms with E-state index < -0.39 is 0 Å². The number of nitrogens with zero attached hydrogens (tertiary/aromatic N) is 1. The first-order chi connectivity index (χ1) is 12.2. The number of nitrogens with one attached hydrogen (secondary N) is 2. The van der Waals surface area contributed by atoms with Crippen molar-refractivity contribution < 1.29 is 13.5 Å². The molecule has 26 heavy (non-hydrogen) atoms. The Kier molecular flexibility index (Phi) is 5.66. The van der Waals surface area contributed by atoms with Gasteiger partial charge in [-0.3, -0.25) is 5.10 Å². The summed E-state index contributed by atoms with van der Waals surface area (Å²) in [6, 6.07) is 12.9. The highest BCUT2D eigenvalue weighted by Crippen LogP contribution is 2.28. The zero-order valence-electron chi connectivity index (χ0n) is 13.8. The normalized spacial score (nSPS) is 16.9. The zero-order chi connectivity index (χ0) is 17.2. The molecule has 1 saturated heterocycles. The standard InChI is InChI=1S/C19H17F2N3O.ClH/c20-14-4-1-12(2-5-14)17-10-18(24-23-17)15-6-3-13(9-16(15)21)19-11-22-7-8-25-19;/h1-6,9-10,19,22H,7-8,11H2,(H,23,24);1H/t19-;/m1./s1. The van der Waals surface area contributed by atoms with Gasteiger partial charge in [-0.2, -0.15) is 5.10 Å². The number of rotatable bonds is 3. The van der Waals surface area contributed by atoms with Crippen LogP contribution < -0.4 is 5.32 Å². The number of hydrogen-bond donors (Lipinski definition) is 2. The van der Waals surface area contributed by atoms with Crippen LogP contribution in [-0.2, 0) is 4.74 Å². The SMILES string of the molecule is Cl.Fc1ccc(-c2cc(-c3ccc([C@H]4CNCCO4)cc3F)n[nH]2)cc1. The van der Waals surface area contributed by atoms with E-state index in [4.69, 9.17) is 4.74 Å². The molecular weight excluding hydrogens is 360 g/mol. The van der Waals surface area contributed by atoms with Gasteiger partial charge in [0.15, 0.2) is 0 Å². The third kappa shape index (κ3) is 3.77. The molecule has 1 fully saturated rings. The maximum atomic E-state index is 14.6. The van der Waals surface area contributed by atoms with Crippen molar-refractivity contribution in [3.05, 3.63) is 65.7 Å². The van der Waals surface area contributed by atoms with Crippen molar-refractivity contribution >= 4 is 12.4 Å². The predicted molar refractivity (Wildman–Crippen MR) is 98.2 cm³/mol. The van der Waals surface area contributed by atoms with Crippen molar-refractivity contribution in [2.45, 2.75) is 6.10 Å². The first kappa shape index (κ1) is 18.5. The highest BCUT2D eigenvalue weighted by molar-refractivity contribution is 5.85. The summed E-state index contributed by atoms with van der Waals surface area (Å²) in [6.07, 6.45) is -0.133. The van der Waals surface area contributed by atoms with E-state index >= 15 is 0 Å². The molecule has 0 radical (unpaired) electrons. The number of aromatic nitrogens is 2. The second kappa shape index (κ2) is 7.95. The van der Waals surface area contributed by atoms with E-state index in [1.165, 1.54) is 18.2 Å². The molecule has 0 aliphatic carbocycles. The van der Waals surface area contributed by atoms with Gasteiger partial charge in [0.2, 0.25) is 0 Å². The highest BCUT2D eigenvalue weighted by Gasteiger charge is 2.18. The van der Waals surface area contributed by atoms with Gasteiger partial charge >= 0.3 is 0 Å². The molecule has 1 aliphatic rings. The summed E-state index contributed by atoms with van der Waals surface area (Å²) in [5, 5.41) is 10.3. The Morgan fingerprint density at radius 3 is 2.54 bits per heavy atom. The van der Waals surface area contributed by atoms with Gasteiger partial charge in [-0.15, -0.1) is 12.4 Å². The first-order valence-corrected chi connectivity index (χ1v) is 8.14. The third-order valence-electron chi connectivity index (χ3n) is 4.30. The number of H-pyrrole nitrogens is 1. The summed E-state index contributed by atoms with van der Waals surface area (Å²) < 4.78 is 33.3. The quantitative estimate of drug-likeness (QED) is 0.722. The second-order valence-electron chi connectivity index (χ2n) is 5.98. The highest BCUT2D eigenvalue weighted by atomic mass is 35.5. The van der Waals surface area contributed by atoms with E-state index in [1.54, 1.807) is 24.3 Å². The molecule has 1 atom stereocenters. The van der Waals surface area contributed by atoms with Crippen LogP contribution in [0.1, 0.15) is 11.7 Å². The van der Waals surface area contributed by atoms with Crippen LogP contribution in [-0.4, -0.2) is 29.9 Å². The van der Waals surface area contributed by atoms with Crippen LogP contribution in [0, 0.1) is 11.6 Å². The minimum atomic E-state index is -0.344. The van der Waals surface area contributed by atoms with Crippen LogP contribution in [0.25, 0.3) is 22.5 Å². The number of morpholine rings is 1. The Labute approximate surface area is 156 Å². The van der Waals surface area contributed by atoms with Crippen LogP contribution >= 0.6 is 12.4 Å². The van der Waals surface area contributed by atoms with E-state index in [0.29, 0.717) is 30.1 Å². The molecule has 0 saturated carbocycles. The van der Waals surface area contributed by atoms with Crippen LogP contribution in [0.4, 0.5) is 8.78 Å². The molecule has 7 heteroatoms. The summed E-state index contributed by atoms with van der Waals surface area (Å²) >= 11 is 0. The Morgan fingerprint density at radius 2 is 1.85 bits per heavy atom. The monoisotopic (exact) mass is 377 g/mol. The van der Waals surface area contributed by atoms with Gasteiger partial charge < -0.3 is 10.1 Å². The smallest absolute Gasteiger partial charge is 0.133 e. The van der Waals surface area contributed by atoms with Gasteiger partial charge in [0.05, 0.1) is 24.1 Å². The Hall–Kier alpha value is -2.28. The molecular formula is C19H18ClF2N3O. The molecule has 0 amide bonds. The van der Waals surface area contributed by atoms with Crippen LogP contribution in [0.15, 0.2) is 48.5 Å². The fourth-order valence-corrected chi connectivity index (χ4v) is 2.96. The molecule has 1 aromatic heterocycles. The lowest BCUT2D eigenvalue weighted by Crippen LogP contribution is -2.33. The number of ether oxygens (including phenoxy) is 1. The maximum Gasteiger partial charge on any atom is 0.133 e. The minimum Gasteiger partial charge on any atom is -0.371 e. The summed E-state index contributed by atoms with van der Waals surface area (Å²) in [7, 11) is 0. The van der Waals surface area contributed by atoms with E-state index in [-0.39, 0.29) is 30.1 Å². The van der Waals surface area contributed by atoms with Crippen LogP contribution in [0.3, 0.4) is 0 Å². The largest absolute Gasteiger partial charge is 0.371 e. The lowest BCUT2D eigenvalue weighted by atomic mass is 10.0. The molecule has 4 nitrogen and oxygen atoms in total. The number of halogens is 3. The molecule has 2 N–H and O–H groups in total. The van der Waals surface area contributed by atoms with Crippen LogP contribution in [0.2, 0.25) is 0 Å². The fraction of sp³-hybridized carbons (Fsp3) is 0.211. The lowest BCUT2D eigenvalue weighted by Gasteiger charge is -2.24. The van der Waals surface area contributed by atoms with Gasteiger partial charge in [0.1, 0.15) is 11.6 Å². The average Bonchev–Trinajstić information content (AvgIpc) is 3.13. The number of aromatic amines is 1. The number of hydrogen-bond acceptors (Lipinski definition) is 3. The minimum absolute atomic E-state index is 0. The third-order valence-corrected chi connectivity index (χ3v) is 4.30. The summed E-state index contributed by atoms with van der Waals surface area (Å²) in [4.78, 5) is 0. The molecule has 0 unspecified atom stereocenters. The van der Waals surface area contributed by atoms with Crippen molar-refractivity contribution in [3.8, 4) is 22.5 Å². The molecule has 0 spiro atoms. The molecule has 4 rings (SSSR count). The number of benzene rings is 2. The topological polar surface area (TPSA) is 49.9 Å². The Bertz CT molecular complexity index is 877. The van der Waals surface area contributed by atoms with Gasteiger partial charge in [0, 0.05) is 18.7 Å². The van der Waals surface area contributed by atoms with E-state index in [1.807, 2.05) is 6.07 Å². The van der Waals surface area contributed by atoms with Gasteiger partial charge in [-0.05, 0) is 53.6 Å². The maximum absolute atomic E-state index is 14.6. The van der Waals surface area contributed by atoms with Gasteiger partial charge in [-0.1, -0.05) is 6.07 Å². The van der Waals surface area contributed by atoms with Gasteiger partial charge in [0.25, 0.3) is 0 Å². The van der Waals surface area contributed by atoms with Crippen molar-refractivity contribution in [1.82, 2.24) is 15.5 Å². The molecule has 0 bridgehead atoms. The molecule has 2 aromatic carbocycles. The van der Waals surface area contributed by atoms with E-state index in [9.17, 15) is 8.78 Å². The Morgan fingerprint density at radius 1 is 1.04 bits per heavy atom. The van der Waals surface area contributed by atoms with E-state index in [0.717, 1.165) is 17.7 Å². The van der Waals surface area contributed by atoms with Crippen molar-refractivity contribution in [2.75, 3.05) is 19.7 Å². The molecule has 1 aliphatic heterocycles. The Balaban J connectivity index is 0.00000196. The molecule has 2 heterocycles. The predicted octanol–water partition coefficient (Wildman–Crippen LogP) is 4.10. The van der Waals surface area contributed by atoms with Crippen molar-refractivity contribution in [3.63, 3.8) is 0 Å². The summed E-state index contributed by atoms with van der Waals surface area (Å²) in [5.41, 5.74) is 3.23. The van der Waals surface area contributed by atoms with Crippen molar-refractivity contribution in [1.29, 1.82) is 0 Å². The fourth-order valence-electron chi connectivity index (χ4n) is 2.96.